The molecule has 2 heterocycles. The number of hydrogen-bond acceptors (Lipinski definition) is 6. The molecule has 1 aromatic rings. The maximum absolute atomic E-state index is 12.6. The normalized spacial score (nSPS) is 26.6. The first-order valence-corrected chi connectivity index (χ1v) is 9.95. The highest BCUT2D eigenvalue weighted by Gasteiger charge is 2.37. The van der Waals surface area contributed by atoms with Gasteiger partial charge in [-0.2, -0.15) is 23.7 Å². The molecule has 0 aromatic carbocycles. The van der Waals surface area contributed by atoms with Gasteiger partial charge < -0.3 is 15.5 Å². The Morgan fingerprint density at radius 1 is 1.07 bits per heavy atom. The first kappa shape index (κ1) is 21.8. The van der Waals surface area contributed by atoms with E-state index >= 15 is 0 Å². The van der Waals surface area contributed by atoms with Crippen LogP contribution >= 0.6 is 0 Å². The number of nitrogens with zero attached hydrogens (tertiary/aromatic N) is 4. The Morgan fingerprint density at radius 3 is 2.17 bits per heavy atom. The minimum Gasteiger partial charge on any atom is -0.367 e. The van der Waals surface area contributed by atoms with Gasteiger partial charge in [-0.3, -0.25) is 4.79 Å². The number of pyridine rings is 1. The lowest BCUT2D eigenvalue weighted by molar-refractivity contribution is -0.137. The lowest BCUT2D eigenvalue weighted by Crippen LogP contribution is -2.47. The predicted molar refractivity (Wildman–Crippen MR) is 102 cm³/mol. The summed E-state index contributed by atoms with van der Waals surface area (Å²) in [6.07, 6.45) is 0.652. The minimum absolute atomic E-state index is 0.0829. The van der Waals surface area contributed by atoms with Crippen LogP contribution in [0.4, 0.5) is 19.0 Å². The monoisotopic (exact) mass is 420 g/mol. The van der Waals surface area contributed by atoms with Crippen molar-refractivity contribution >= 4 is 11.7 Å². The van der Waals surface area contributed by atoms with Crippen molar-refractivity contribution in [3.63, 3.8) is 0 Å². The molecular formula is C20H23F3N6O. The number of halogens is 3. The number of nitriles is 2. The Labute approximate surface area is 172 Å². The molecule has 2 fully saturated rings. The Hall–Kier alpha value is -2.85. The Balaban J connectivity index is 1.43. The number of carbonyl (C=O) groups excluding carboxylic acids is 1. The summed E-state index contributed by atoms with van der Waals surface area (Å²) in [6.45, 7) is 0.0829. The molecule has 1 saturated heterocycles. The van der Waals surface area contributed by atoms with E-state index in [2.05, 4.69) is 27.8 Å². The SMILES string of the molecule is N#C[C@@H]1CC[C@H](C#N)N1C(=O)CNC1CCC(Nc2ccc(C(F)(F)F)cn2)CC1. The van der Waals surface area contributed by atoms with E-state index in [1.54, 1.807) is 0 Å². The molecule has 0 radical (unpaired) electrons. The van der Waals surface area contributed by atoms with Crippen LogP contribution in [-0.2, 0) is 11.0 Å². The standard InChI is InChI=1S/C20H23F3N6O/c21-20(22,23)13-1-8-18(27-11-13)28-15-4-2-14(3-5-15)26-12-19(30)29-16(9-24)6-7-17(29)10-25/h1,8,11,14-17,26H,2-7,12H2,(H,27,28)/t14?,15?,16-,17+. The third-order valence-electron chi connectivity index (χ3n) is 5.68. The smallest absolute Gasteiger partial charge is 0.367 e. The van der Waals surface area contributed by atoms with E-state index in [1.165, 1.54) is 11.0 Å². The van der Waals surface area contributed by atoms with E-state index in [1.807, 2.05) is 0 Å². The molecule has 1 amide bonds. The number of nitrogens with one attached hydrogen (secondary N) is 2. The van der Waals surface area contributed by atoms with E-state index in [0.717, 1.165) is 37.9 Å². The van der Waals surface area contributed by atoms with Crippen LogP contribution in [-0.4, -0.2) is 46.5 Å². The summed E-state index contributed by atoms with van der Waals surface area (Å²) in [7, 11) is 0. The van der Waals surface area contributed by atoms with Gasteiger partial charge in [-0.05, 0) is 50.7 Å². The zero-order chi connectivity index (χ0) is 21.7. The van der Waals surface area contributed by atoms with Crippen molar-refractivity contribution in [1.29, 1.82) is 10.5 Å². The van der Waals surface area contributed by atoms with Crippen molar-refractivity contribution in [1.82, 2.24) is 15.2 Å². The van der Waals surface area contributed by atoms with Gasteiger partial charge in [0.2, 0.25) is 5.91 Å². The second-order valence-corrected chi connectivity index (χ2v) is 7.67. The van der Waals surface area contributed by atoms with Crippen LogP contribution < -0.4 is 10.6 Å². The van der Waals surface area contributed by atoms with Crippen molar-refractivity contribution < 1.29 is 18.0 Å². The van der Waals surface area contributed by atoms with Gasteiger partial charge in [-0.1, -0.05) is 0 Å². The number of likely N-dealkylation sites (tertiary alicyclic amines) is 1. The van der Waals surface area contributed by atoms with Gasteiger partial charge in [0, 0.05) is 18.3 Å². The largest absolute Gasteiger partial charge is 0.417 e. The molecule has 0 spiro atoms. The molecule has 3 rings (SSSR count). The van der Waals surface area contributed by atoms with Crippen molar-refractivity contribution in [3.8, 4) is 12.1 Å². The lowest BCUT2D eigenvalue weighted by Gasteiger charge is -2.31. The van der Waals surface area contributed by atoms with Crippen molar-refractivity contribution in [2.75, 3.05) is 11.9 Å². The van der Waals surface area contributed by atoms with Crippen molar-refractivity contribution in [2.24, 2.45) is 0 Å². The summed E-state index contributed by atoms with van der Waals surface area (Å²) in [5.41, 5.74) is -0.777. The van der Waals surface area contributed by atoms with Crippen LogP contribution in [0.3, 0.4) is 0 Å². The van der Waals surface area contributed by atoms with E-state index in [9.17, 15) is 28.5 Å². The molecule has 1 saturated carbocycles. The average molecular weight is 420 g/mol. The molecule has 160 valence electrons. The topological polar surface area (TPSA) is 105 Å². The molecule has 2 atom stereocenters. The summed E-state index contributed by atoms with van der Waals surface area (Å²) in [5, 5.41) is 24.7. The van der Waals surface area contributed by atoms with Gasteiger partial charge in [0.25, 0.3) is 0 Å². The molecule has 10 heteroatoms. The van der Waals surface area contributed by atoms with Crippen LogP contribution in [0.2, 0.25) is 0 Å². The third-order valence-corrected chi connectivity index (χ3v) is 5.68. The van der Waals surface area contributed by atoms with Crippen LogP contribution in [0.25, 0.3) is 0 Å². The first-order chi connectivity index (χ1) is 14.3. The molecule has 2 aliphatic rings. The fourth-order valence-corrected chi connectivity index (χ4v) is 4.03. The van der Waals surface area contributed by atoms with Gasteiger partial charge >= 0.3 is 6.18 Å². The van der Waals surface area contributed by atoms with Crippen LogP contribution in [0.15, 0.2) is 18.3 Å². The number of aromatic nitrogens is 1. The number of alkyl halides is 3. The van der Waals surface area contributed by atoms with Gasteiger partial charge in [0.05, 0.1) is 24.2 Å². The van der Waals surface area contributed by atoms with Crippen LogP contribution in [0.5, 0.6) is 0 Å². The number of amides is 1. The molecule has 30 heavy (non-hydrogen) atoms. The molecule has 0 unspecified atom stereocenters. The van der Waals surface area contributed by atoms with Gasteiger partial charge in [-0.15, -0.1) is 0 Å². The van der Waals surface area contributed by atoms with E-state index < -0.39 is 23.8 Å². The van der Waals surface area contributed by atoms with Crippen molar-refractivity contribution in [2.45, 2.75) is 68.9 Å². The van der Waals surface area contributed by atoms with Crippen LogP contribution in [0.1, 0.15) is 44.1 Å². The summed E-state index contributed by atoms with van der Waals surface area (Å²) in [4.78, 5) is 17.7. The zero-order valence-corrected chi connectivity index (χ0v) is 16.3. The molecule has 7 nitrogen and oxygen atoms in total. The van der Waals surface area contributed by atoms with Crippen molar-refractivity contribution in [3.05, 3.63) is 23.9 Å². The highest BCUT2D eigenvalue weighted by atomic mass is 19.4. The summed E-state index contributed by atoms with van der Waals surface area (Å²) >= 11 is 0. The Morgan fingerprint density at radius 2 is 1.67 bits per heavy atom. The third kappa shape index (κ3) is 5.19. The van der Waals surface area contributed by atoms with Gasteiger partial charge in [0.15, 0.2) is 0 Å². The van der Waals surface area contributed by atoms with Gasteiger partial charge in [0.1, 0.15) is 17.9 Å². The highest BCUT2D eigenvalue weighted by molar-refractivity contribution is 5.80. The fraction of sp³-hybridized carbons (Fsp3) is 0.600. The number of carbonyl (C=O) groups is 1. The molecule has 1 aliphatic heterocycles. The minimum atomic E-state index is -4.40. The summed E-state index contributed by atoms with van der Waals surface area (Å²) in [6, 6.07) is 5.67. The van der Waals surface area contributed by atoms with Gasteiger partial charge in [-0.25, -0.2) is 4.98 Å². The predicted octanol–water partition coefficient (Wildman–Crippen LogP) is 2.82. The second kappa shape index (κ2) is 9.31. The Kier molecular flexibility index (Phi) is 6.78. The molecule has 1 aromatic heterocycles. The quantitative estimate of drug-likeness (QED) is 0.759. The van der Waals surface area contributed by atoms with E-state index in [4.69, 9.17) is 0 Å². The lowest BCUT2D eigenvalue weighted by atomic mass is 9.91. The van der Waals surface area contributed by atoms with Crippen LogP contribution in [0, 0.1) is 22.7 Å². The molecule has 2 N–H and O–H groups in total. The maximum Gasteiger partial charge on any atom is 0.417 e. The highest BCUT2D eigenvalue weighted by Crippen LogP contribution is 2.29. The van der Waals surface area contributed by atoms with E-state index in [-0.39, 0.29) is 24.5 Å². The van der Waals surface area contributed by atoms with E-state index in [0.29, 0.717) is 18.7 Å². The maximum atomic E-state index is 12.6. The zero-order valence-electron chi connectivity index (χ0n) is 16.3. The molecule has 0 bridgehead atoms. The average Bonchev–Trinajstić information content (AvgIpc) is 3.16. The number of anilines is 1. The first-order valence-electron chi connectivity index (χ1n) is 9.95. The molecule has 1 aliphatic carbocycles. The molecular weight excluding hydrogens is 397 g/mol. The fourth-order valence-electron chi connectivity index (χ4n) is 4.03. The number of rotatable bonds is 5. The Bertz CT molecular complexity index is 799. The second-order valence-electron chi connectivity index (χ2n) is 7.67. The summed E-state index contributed by atoms with van der Waals surface area (Å²) in [5.74, 6) is 0.175. The summed E-state index contributed by atoms with van der Waals surface area (Å²) < 4.78 is 37.8. The number of hydrogen-bond donors (Lipinski definition) is 2.